The first-order valence-electron chi connectivity index (χ1n) is 7.38. The molecule has 0 spiro atoms. The Morgan fingerprint density at radius 3 is 2.84 bits per heavy atom. The van der Waals surface area contributed by atoms with Crippen molar-refractivity contribution >= 4 is 11.1 Å². The molecular formula is C16H20N2O. The fourth-order valence-electron chi connectivity index (χ4n) is 3.76. The molecule has 2 bridgehead atoms. The van der Waals surface area contributed by atoms with Crippen LogP contribution in [0.25, 0.3) is 11.1 Å². The van der Waals surface area contributed by atoms with Gasteiger partial charge in [-0.15, -0.1) is 0 Å². The Labute approximate surface area is 113 Å². The summed E-state index contributed by atoms with van der Waals surface area (Å²) in [5, 5.41) is 3.69. The molecule has 2 unspecified atom stereocenters. The summed E-state index contributed by atoms with van der Waals surface area (Å²) in [7, 11) is 0. The molecule has 1 N–H and O–H groups in total. The van der Waals surface area contributed by atoms with Gasteiger partial charge in [-0.05, 0) is 56.2 Å². The van der Waals surface area contributed by atoms with Crippen LogP contribution in [-0.2, 0) is 6.42 Å². The molecular weight excluding hydrogens is 236 g/mol. The van der Waals surface area contributed by atoms with Gasteiger partial charge in [-0.3, -0.25) is 0 Å². The molecule has 0 radical (unpaired) electrons. The normalized spacial score (nSPS) is 30.1. The Bertz CT molecular complexity index is 592. The molecule has 3 heteroatoms. The third-order valence-corrected chi connectivity index (χ3v) is 4.62. The van der Waals surface area contributed by atoms with E-state index in [0.717, 1.165) is 41.4 Å². The topological polar surface area (TPSA) is 38.1 Å². The first-order valence-corrected chi connectivity index (χ1v) is 7.38. The Balaban J connectivity index is 1.54. The Morgan fingerprint density at radius 1 is 1.26 bits per heavy atom. The van der Waals surface area contributed by atoms with Crippen LogP contribution in [0.4, 0.5) is 0 Å². The van der Waals surface area contributed by atoms with Gasteiger partial charge in [0, 0.05) is 18.5 Å². The van der Waals surface area contributed by atoms with Crippen LogP contribution in [0.1, 0.15) is 37.1 Å². The number of rotatable bonds is 2. The third kappa shape index (κ3) is 2.16. The zero-order valence-corrected chi connectivity index (χ0v) is 11.4. The molecule has 0 aliphatic carbocycles. The number of oxazole rings is 1. The molecule has 2 aromatic rings. The van der Waals surface area contributed by atoms with Gasteiger partial charge in [0.05, 0.1) is 0 Å². The van der Waals surface area contributed by atoms with Crippen LogP contribution in [0, 0.1) is 12.8 Å². The van der Waals surface area contributed by atoms with E-state index in [-0.39, 0.29) is 0 Å². The largest absolute Gasteiger partial charge is 0.441 e. The van der Waals surface area contributed by atoms with E-state index in [1.54, 1.807) is 0 Å². The lowest BCUT2D eigenvalue weighted by Crippen LogP contribution is -2.38. The summed E-state index contributed by atoms with van der Waals surface area (Å²) in [5.41, 5.74) is 3.18. The number of fused-ring (bicyclic) bond motifs is 3. The number of nitrogens with zero attached hydrogens (tertiary/aromatic N) is 1. The van der Waals surface area contributed by atoms with Gasteiger partial charge in [-0.2, -0.15) is 0 Å². The van der Waals surface area contributed by atoms with Gasteiger partial charge in [0.1, 0.15) is 5.52 Å². The van der Waals surface area contributed by atoms with Crippen LogP contribution >= 0.6 is 0 Å². The lowest BCUT2D eigenvalue weighted by molar-refractivity contribution is 0.284. The predicted molar refractivity (Wildman–Crippen MR) is 75.1 cm³/mol. The van der Waals surface area contributed by atoms with Crippen LogP contribution < -0.4 is 5.32 Å². The van der Waals surface area contributed by atoms with Crippen molar-refractivity contribution in [3.8, 4) is 0 Å². The van der Waals surface area contributed by atoms with Crippen molar-refractivity contribution < 1.29 is 4.42 Å². The lowest BCUT2D eigenvalue weighted by Gasteiger charge is -2.28. The van der Waals surface area contributed by atoms with E-state index in [9.17, 15) is 0 Å². The highest BCUT2D eigenvalue weighted by atomic mass is 16.3. The minimum Gasteiger partial charge on any atom is -0.441 e. The summed E-state index contributed by atoms with van der Waals surface area (Å²) >= 11 is 0. The predicted octanol–water partition coefficient (Wildman–Crippen LogP) is 3.21. The molecule has 100 valence electrons. The summed E-state index contributed by atoms with van der Waals surface area (Å²) in [4.78, 5) is 4.65. The van der Waals surface area contributed by atoms with Crippen LogP contribution in [0.3, 0.4) is 0 Å². The Morgan fingerprint density at radius 2 is 2.05 bits per heavy atom. The highest BCUT2D eigenvalue weighted by Crippen LogP contribution is 2.33. The zero-order chi connectivity index (χ0) is 12.8. The number of hydrogen-bond donors (Lipinski definition) is 1. The minimum absolute atomic E-state index is 0.743. The van der Waals surface area contributed by atoms with E-state index in [0.29, 0.717) is 0 Å². The number of nitrogens with one attached hydrogen (secondary N) is 1. The number of aromatic nitrogens is 1. The van der Waals surface area contributed by atoms with Gasteiger partial charge in [-0.1, -0.05) is 6.07 Å². The molecule has 1 aromatic carbocycles. The van der Waals surface area contributed by atoms with Crippen molar-refractivity contribution in [3.05, 3.63) is 29.7 Å². The van der Waals surface area contributed by atoms with Gasteiger partial charge in [0.15, 0.2) is 11.5 Å². The smallest absolute Gasteiger partial charge is 0.195 e. The number of piperidine rings is 1. The first kappa shape index (κ1) is 11.5. The van der Waals surface area contributed by atoms with Crippen molar-refractivity contribution in [2.75, 3.05) is 0 Å². The van der Waals surface area contributed by atoms with E-state index >= 15 is 0 Å². The molecule has 1 aromatic heterocycles. The number of hydrogen-bond acceptors (Lipinski definition) is 3. The second-order valence-corrected chi connectivity index (χ2v) is 6.26. The average Bonchev–Trinajstić information content (AvgIpc) is 2.92. The molecule has 0 saturated carbocycles. The van der Waals surface area contributed by atoms with E-state index in [1.807, 2.05) is 6.07 Å². The molecule has 2 aliphatic rings. The third-order valence-electron chi connectivity index (χ3n) is 4.62. The minimum atomic E-state index is 0.743. The zero-order valence-electron chi connectivity index (χ0n) is 11.4. The SMILES string of the molecule is Cc1ccc2oc(CC3CC4CCC(C3)N4)nc2c1. The van der Waals surface area contributed by atoms with E-state index in [4.69, 9.17) is 4.42 Å². The summed E-state index contributed by atoms with van der Waals surface area (Å²) < 4.78 is 5.89. The Kier molecular flexibility index (Phi) is 2.62. The van der Waals surface area contributed by atoms with E-state index in [2.05, 4.69) is 29.4 Å². The second-order valence-electron chi connectivity index (χ2n) is 6.26. The molecule has 4 rings (SSSR count). The second kappa shape index (κ2) is 4.34. The highest BCUT2D eigenvalue weighted by Gasteiger charge is 2.33. The van der Waals surface area contributed by atoms with Crippen molar-refractivity contribution in [1.82, 2.24) is 10.3 Å². The van der Waals surface area contributed by atoms with Gasteiger partial charge in [0.25, 0.3) is 0 Å². The Hall–Kier alpha value is -1.35. The monoisotopic (exact) mass is 256 g/mol. The molecule has 3 nitrogen and oxygen atoms in total. The van der Waals surface area contributed by atoms with Crippen LogP contribution in [0.2, 0.25) is 0 Å². The average molecular weight is 256 g/mol. The van der Waals surface area contributed by atoms with Crippen molar-refractivity contribution in [2.24, 2.45) is 5.92 Å². The van der Waals surface area contributed by atoms with Gasteiger partial charge in [0.2, 0.25) is 0 Å². The summed E-state index contributed by atoms with van der Waals surface area (Å²) in [6.07, 6.45) is 6.28. The highest BCUT2D eigenvalue weighted by molar-refractivity contribution is 5.73. The number of aryl methyl sites for hydroxylation is 1. The maximum Gasteiger partial charge on any atom is 0.195 e. The van der Waals surface area contributed by atoms with E-state index in [1.165, 1.54) is 31.2 Å². The molecule has 2 saturated heterocycles. The van der Waals surface area contributed by atoms with Crippen molar-refractivity contribution in [2.45, 2.75) is 51.1 Å². The van der Waals surface area contributed by atoms with Gasteiger partial charge in [-0.25, -0.2) is 4.98 Å². The molecule has 3 heterocycles. The molecule has 2 atom stereocenters. The molecule has 2 fully saturated rings. The van der Waals surface area contributed by atoms with Gasteiger partial charge < -0.3 is 9.73 Å². The van der Waals surface area contributed by atoms with E-state index < -0.39 is 0 Å². The van der Waals surface area contributed by atoms with Crippen LogP contribution in [-0.4, -0.2) is 17.1 Å². The van der Waals surface area contributed by atoms with Crippen LogP contribution in [0.15, 0.2) is 22.6 Å². The maximum atomic E-state index is 5.89. The lowest BCUT2D eigenvalue weighted by atomic mass is 9.90. The van der Waals surface area contributed by atoms with Crippen LogP contribution in [0.5, 0.6) is 0 Å². The van der Waals surface area contributed by atoms with Gasteiger partial charge >= 0.3 is 0 Å². The first-order chi connectivity index (χ1) is 9.26. The molecule has 19 heavy (non-hydrogen) atoms. The summed E-state index contributed by atoms with van der Waals surface area (Å²) in [5.74, 6) is 1.67. The summed E-state index contributed by atoms with van der Waals surface area (Å²) in [6.45, 7) is 2.10. The standard InChI is InChI=1S/C16H20N2O/c1-10-2-5-15-14(6-10)18-16(19-15)9-11-7-12-3-4-13(8-11)17-12/h2,5-6,11-13,17H,3-4,7-9H2,1H3. The number of benzene rings is 1. The quantitative estimate of drug-likeness (QED) is 0.896. The maximum absolute atomic E-state index is 5.89. The van der Waals surface area contributed by atoms with Crippen molar-refractivity contribution in [3.63, 3.8) is 0 Å². The molecule has 0 amide bonds. The van der Waals surface area contributed by atoms with Crippen molar-refractivity contribution in [1.29, 1.82) is 0 Å². The summed E-state index contributed by atoms with van der Waals surface area (Å²) in [6, 6.07) is 7.72. The fourth-order valence-corrected chi connectivity index (χ4v) is 3.76. The fraction of sp³-hybridized carbons (Fsp3) is 0.562. The molecule has 2 aliphatic heterocycles.